The average Bonchev–Trinajstić information content (AvgIpc) is 3.20. The number of H-pyrrole nitrogens is 2. The molecule has 3 aromatic rings. The molecule has 0 saturated carbocycles. The number of nitrogens with zero attached hydrogens (tertiary/aromatic N) is 3. The maximum Gasteiger partial charge on any atom is 0.253 e. The Morgan fingerprint density at radius 3 is 2.62 bits per heavy atom. The van der Waals surface area contributed by atoms with E-state index in [2.05, 4.69) is 20.1 Å². The number of hydrogen-bond acceptors (Lipinski definition) is 3. The largest absolute Gasteiger partial charge is 0.365 e. The van der Waals surface area contributed by atoms with Crippen LogP contribution in [0.4, 0.5) is 5.69 Å². The highest BCUT2D eigenvalue weighted by Crippen LogP contribution is 2.24. The summed E-state index contributed by atoms with van der Waals surface area (Å²) in [5, 5.41) is 8.37. The Labute approximate surface area is 140 Å². The molecule has 0 radical (unpaired) electrons. The highest BCUT2D eigenvalue weighted by molar-refractivity contribution is 5.98. The van der Waals surface area contributed by atoms with Gasteiger partial charge < -0.3 is 14.8 Å². The molecule has 3 heterocycles. The molecule has 24 heavy (non-hydrogen) atoms. The van der Waals surface area contributed by atoms with Gasteiger partial charge in [-0.15, -0.1) is 0 Å². The molecule has 0 bridgehead atoms. The first-order valence-corrected chi connectivity index (χ1v) is 8.26. The summed E-state index contributed by atoms with van der Waals surface area (Å²) in [5.74, 6) is 0.110. The van der Waals surface area contributed by atoms with Gasteiger partial charge >= 0.3 is 0 Å². The van der Waals surface area contributed by atoms with Crippen LogP contribution in [-0.4, -0.2) is 52.2 Å². The standard InChI is InChI=1S/C18H21N5O/c1-12-17(13(2)21-20-12)22-7-9-23(10-8-22)18(24)15-3-4-16-14(11-15)5-6-19-16/h3-6,11,19H,7-10H2,1-2H3,(H,20,21). The average molecular weight is 323 g/mol. The molecule has 6 nitrogen and oxygen atoms in total. The molecule has 1 amide bonds. The number of carbonyl (C=O) groups is 1. The van der Waals surface area contributed by atoms with Crippen molar-refractivity contribution in [3.05, 3.63) is 47.4 Å². The van der Waals surface area contributed by atoms with E-state index in [0.29, 0.717) is 0 Å². The Morgan fingerprint density at radius 2 is 1.92 bits per heavy atom. The van der Waals surface area contributed by atoms with Crippen LogP contribution in [0.1, 0.15) is 21.7 Å². The molecule has 124 valence electrons. The summed E-state index contributed by atoms with van der Waals surface area (Å²) >= 11 is 0. The summed E-state index contributed by atoms with van der Waals surface area (Å²) in [4.78, 5) is 20.2. The Balaban J connectivity index is 1.48. The van der Waals surface area contributed by atoms with Crippen LogP contribution in [0.15, 0.2) is 30.5 Å². The summed E-state index contributed by atoms with van der Waals surface area (Å²) in [6.07, 6.45) is 1.90. The van der Waals surface area contributed by atoms with E-state index in [9.17, 15) is 4.79 Å². The van der Waals surface area contributed by atoms with Crippen molar-refractivity contribution >= 4 is 22.5 Å². The lowest BCUT2D eigenvalue weighted by Gasteiger charge is -2.36. The zero-order chi connectivity index (χ0) is 16.7. The van der Waals surface area contributed by atoms with Crippen LogP contribution in [0.25, 0.3) is 10.9 Å². The van der Waals surface area contributed by atoms with Crippen LogP contribution in [0.2, 0.25) is 0 Å². The fourth-order valence-corrected chi connectivity index (χ4v) is 3.51. The summed E-state index contributed by atoms with van der Waals surface area (Å²) in [6, 6.07) is 7.83. The van der Waals surface area contributed by atoms with Crippen LogP contribution in [0.3, 0.4) is 0 Å². The molecule has 0 atom stereocenters. The molecule has 0 spiro atoms. The predicted molar refractivity (Wildman–Crippen MR) is 94.5 cm³/mol. The van der Waals surface area contributed by atoms with Gasteiger partial charge in [0.25, 0.3) is 5.91 Å². The Kier molecular flexibility index (Phi) is 3.52. The maximum absolute atomic E-state index is 12.8. The molecule has 1 aliphatic rings. The van der Waals surface area contributed by atoms with Crippen molar-refractivity contribution in [2.24, 2.45) is 0 Å². The molecule has 0 unspecified atom stereocenters. The van der Waals surface area contributed by atoms with Gasteiger partial charge in [-0.3, -0.25) is 9.89 Å². The SMILES string of the molecule is Cc1n[nH]c(C)c1N1CCN(C(=O)c2ccc3[nH]ccc3c2)CC1. The van der Waals surface area contributed by atoms with Crippen molar-refractivity contribution in [3.8, 4) is 0 Å². The van der Waals surface area contributed by atoms with Crippen LogP contribution < -0.4 is 4.90 Å². The summed E-state index contributed by atoms with van der Waals surface area (Å²) in [6.45, 7) is 7.18. The number of hydrogen-bond donors (Lipinski definition) is 2. The molecule has 1 aliphatic heterocycles. The number of rotatable bonds is 2. The Hall–Kier alpha value is -2.76. The van der Waals surface area contributed by atoms with Gasteiger partial charge in [0.2, 0.25) is 0 Å². The number of aromatic amines is 2. The van der Waals surface area contributed by atoms with Gasteiger partial charge in [0, 0.05) is 48.8 Å². The lowest BCUT2D eigenvalue weighted by Crippen LogP contribution is -2.49. The molecule has 2 N–H and O–H groups in total. The zero-order valence-corrected chi connectivity index (χ0v) is 14.0. The molecular weight excluding hydrogens is 302 g/mol. The minimum Gasteiger partial charge on any atom is -0.365 e. The molecule has 0 aliphatic carbocycles. The topological polar surface area (TPSA) is 68.0 Å². The number of piperazine rings is 1. The minimum absolute atomic E-state index is 0.110. The summed E-state index contributed by atoms with van der Waals surface area (Å²) in [5.41, 5.74) is 5.10. The van der Waals surface area contributed by atoms with Gasteiger partial charge in [-0.2, -0.15) is 5.10 Å². The van der Waals surface area contributed by atoms with Crippen LogP contribution in [0.5, 0.6) is 0 Å². The van der Waals surface area contributed by atoms with Crippen molar-refractivity contribution in [2.75, 3.05) is 31.1 Å². The van der Waals surface area contributed by atoms with E-state index in [-0.39, 0.29) is 5.91 Å². The second-order valence-corrected chi connectivity index (χ2v) is 6.34. The second-order valence-electron chi connectivity index (χ2n) is 6.34. The quantitative estimate of drug-likeness (QED) is 0.761. The molecule has 1 fully saturated rings. The number of nitrogens with one attached hydrogen (secondary N) is 2. The zero-order valence-electron chi connectivity index (χ0n) is 14.0. The van der Waals surface area contributed by atoms with E-state index in [0.717, 1.165) is 54.0 Å². The number of anilines is 1. The number of carbonyl (C=O) groups excluding carboxylic acids is 1. The van der Waals surface area contributed by atoms with E-state index in [1.54, 1.807) is 0 Å². The first-order valence-electron chi connectivity index (χ1n) is 8.26. The van der Waals surface area contributed by atoms with Gasteiger partial charge in [-0.1, -0.05) is 0 Å². The van der Waals surface area contributed by atoms with Crippen molar-refractivity contribution in [1.82, 2.24) is 20.1 Å². The van der Waals surface area contributed by atoms with Gasteiger partial charge in [0.05, 0.1) is 17.1 Å². The number of aromatic nitrogens is 3. The van der Waals surface area contributed by atoms with Crippen LogP contribution in [0, 0.1) is 13.8 Å². The van der Waals surface area contributed by atoms with Gasteiger partial charge in [0.1, 0.15) is 0 Å². The number of amides is 1. The number of benzene rings is 1. The molecule has 2 aromatic heterocycles. The molecular formula is C18H21N5O. The fourth-order valence-electron chi connectivity index (χ4n) is 3.51. The Bertz CT molecular complexity index is 866. The molecule has 4 rings (SSSR count). The monoisotopic (exact) mass is 323 g/mol. The number of aryl methyl sites for hydroxylation is 2. The van der Waals surface area contributed by atoms with Crippen molar-refractivity contribution in [1.29, 1.82) is 0 Å². The summed E-state index contributed by atoms with van der Waals surface area (Å²) in [7, 11) is 0. The van der Waals surface area contributed by atoms with E-state index in [4.69, 9.17) is 0 Å². The van der Waals surface area contributed by atoms with Crippen molar-refractivity contribution in [2.45, 2.75) is 13.8 Å². The lowest BCUT2D eigenvalue weighted by molar-refractivity contribution is 0.0747. The third-order valence-corrected chi connectivity index (χ3v) is 4.77. The smallest absolute Gasteiger partial charge is 0.253 e. The summed E-state index contributed by atoms with van der Waals surface area (Å²) < 4.78 is 0. The van der Waals surface area contributed by atoms with Gasteiger partial charge in [0.15, 0.2) is 0 Å². The van der Waals surface area contributed by atoms with Crippen LogP contribution in [-0.2, 0) is 0 Å². The first kappa shape index (κ1) is 14.8. The number of fused-ring (bicyclic) bond motifs is 1. The second kappa shape index (κ2) is 5.70. The highest BCUT2D eigenvalue weighted by atomic mass is 16.2. The molecule has 6 heteroatoms. The van der Waals surface area contributed by atoms with Crippen molar-refractivity contribution < 1.29 is 4.79 Å². The van der Waals surface area contributed by atoms with E-state index < -0.39 is 0 Å². The lowest BCUT2D eigenvalue weighted by atomic mass is 10.1. The van der Waals surface area contributed by atoms with Crippen molar-refractivity contribution in [3.63, 3.8) is 0 Å². The van der Waals surface area contributed by atoms with E-state index >= 15 is 0 Å². The normalized spacial score (nSPS) is 15.2. The minimum atomic E-state index is 0.110. The fraction of sp³-hybridized carbons (Fsp3) is 0.333. The van der Waals surface area contributed by atoms with E-state index in [1.165, 1.54) is 5.69 Å². The van der Waals surface area contributed by atoms with Gasteiger partial charge in [-0.25, -0.2) is 0 Å². The molecule has 1 aromatic carbocycles. The van der Waals surface area contributed by atoms with Gasteiger partial charge in [-0.05, 0) is 38.1 Å². The molecule has 1 saturated heterocycles. The Morgan fingerprint density at radius 1 is 1.12 bits per heavy atom. The third kappa shape index (κ3) is 2.44. The van der Waals surface area contributed by atoms with E-state index in [1.807, 2.05) is 49.2 Å². The maximum atomic E-state index is 12.8. The highest BCUT2D eigenvalue weighted by Gasteiger charge is 2.24. The third-order valence-electron chi connectivity index (χ3n) is 4.77. The van der Waals surface area contributed by atoms with Crippen LogP contribution >= 0.6 is 0 Å². The predicted octanol–water partition coefficient (Wildman–Crippen LogP) is 2.47. The first-order chi connectivity index (χ1) is 11.6.